The van der Waals surface area contributed by atoms with Crippen molar-refractivity contribution in [2.45, 2.75) is 63.5 Å². The highest BCUT2D eigenvalue weighted by Gasteiger charge is 2.52. The standard InChI is InChI=1S/C31H35NO8/c1-21(33)32-25(30(34)35)26-27(37-18-22-12-6-3-7-13-22)28(38-19-23-14-8-4-9-15-23)29(31(36-2)40-26)39-20-24-16-10-5-11-17-24/h3-17,25-29,31H,18-20H2,1-2H3,(H,32,33)(H,34,35)/t25-,26-,27-,28+,29-,31+/m1/s1. The van der Waals surface area contributed by atoms with E-state index in [0.29, 0.717) is 0 Å². The maximum absolute atomic E-state index is 12.4. The molecule has 9 heteroatoms. The van der Waals surface area contributed by atoms with Crippen molar-refractivity contribution in [3.05, 3.63) is 108 Å². The minimum absolute atomic E-state index is 0.159. The topological polar surface area (TPSA) is 113 Å². The lowest BCUT2D eigenvalue weighted by Crippen LogP contribution is -2.66. The largest absolute Gasteiger partial charge is 0.480 e. The van der Waals surface area contributed by atoms with E-state index < -0.39 is 48.6 Å². The van der Waals surface area contributed by atoms with Gasteiger partial charge in [0.15, 0.2) is 12.3 Å². The Labute approximate surface area is 234 Å². The lowest BCUT2D eigenvalue weighted by molar-refractivity contribution is -0.320. The van der Waals surface area contributed by atoms with Gasteiger partial charge in [0.05, 0.1) is 19.8 Å². The van der Waals surface area contributed by atoms with Crippen LogP contribution in [0, 0.1) is 0 Å². The zero-order valence-corrected chi connectivity index (χ0v) is 22.6. The van der Waals surface area contributed by atoms with Crippen molar-refractivity contribution in [2.75, 3.05) is 7.11 Å². The maximum Gasteiger partial charge on any atom is 0.329 e. The van der Waals surface area contributed by atoms with Gasteiger partial charge in [0.2, 0.25) is 5.91 Å². The summed E-state index contributed by atoms with van der Waals surface area (Å²) in [5.74, 6) is -1.79. The van der Waals surface area contributed by atoms with E-state index in [-0.39, 0.29) is 19.8 Å². The van der Waals surface area contributed by atoms with Gasteiger partial charge in [-0.2, -0.15) is 0 Å². The van der Waals surface area contributed by atoms with Crippen molar-refractivity contribution >= 4 is 11.9 Å². The molecule has 212 valence electrons. The molecule has 1 saturated heterocycles. The number of carbonyl (C=O) groups excluding carboxylic acids is 1. The summed E-state index contributed by atoms with van der Waals surface area (Å²) in [6, 6.07) is 27.3. The first-order valence-electron chi connectivity index (χ1n) is 13.1. The molecular weight excluding hydrogens is 514 g/mol. The van der Waals surface area contributed by atoms with Gasteiger partial charge in [-0.3, -0.25) is 4.79 Å². The molecule has 1 aliphatic rings. The van der Waals surface area contributed by atoms with Gasteiger partial charge in [-0.05, 0) is 16.7 Å². The van der Waals surface area contributed by atoms with Crippen LogP contribution in [0.25, 0.3) is 0 Å². The molecule has 1 aliphatic heterocycles. The Morgan fingerprint density at radius 3 is 1.57 bits per heavy atom. The molecule has 1 fully saturated rings. The first-order valence-corrected chi connectivity index (χ1v) is 13.1. The number of hydrogen-bond acceptors (Lipinski definition) is 7. The minimum atomic E-state index is -1.42. The second-order valence-corrected chi connectivity index (χ2v) is 9.50. The van der Waals surface area contributed by atoms with Crippen LogP contribution in [0.4, 0.5) is 0 Å². The number of aliphatic carboxylic acids is 1. The first-order chi connectivity index (χ1) is 19.5. The third-order valence-corrected chi connectivity index (χ3v) is 6.57. The Balaban J connectivity index is 1.69. The Morgan fingerprint density at radius 1 is 0.750 bits per heavy atom. The monoisotopic (exact) mass is 549 g/mol. The van der Waals surface area contributed by atoms with Crippen LogP contribution >= 0.6 is 0 Å². The number of carbonyl (C=O) groups is 2. The molecule has 0 bridgehead atoms. The molecule has 0 aromatic heterocycles. The van der Waals surface area contributed by atoms with Gasteiger partial charge in [0.25, 0.3) is 0 Å². The maximum atomic E-state index is 12.4. The van der Waals surface area contributed by atoms with Crippen molar-refractivity contribution in [3.8, 4) is 0 Å². The number of benzene rings is 3. The highest BCUT2D eigenvalue weighted by Crippen LogP contribution is 2.32. The van der Waals surface area contributed by atoms with E-state index in [2.05, 4.69) is 5.32 Å². The fourth-order valence-corrected chi connectivity index (χ4v) is 4.65. The quantitative estimate of drug-likeness (QED) is 0.332. The van der Waals surface area contributed by atoms with E-state index in [1.807, 2.05) is 91.0 Å². The first kappa shape index (κ1) is 29.4. The summed E-state index contributed by atoms with van der Waals surface area (Å²) in [7, 11) is 1.45. The van der Waals surface area contributed by atoms with Crippen LogP contribution in [0.1, 0.15) is 23.6 Å². The number of rotatable bonds is 13. The predicted octanol–water partition coefficient (Wildman–Crippen LogP) is 3.70. The summed E-state index contributed by atoms with van der Waals surface area (Å²) in [5.41, 5.74) is 2.73. The van der Waals surface area contributed by atoms with E-state index in [0.717, 1.165) is 16.7 Å². The number of hydrogen-bond donors (Lipinski definition) is 2. The van der Waals surface area contributed by atoms with E-state index in [1.165, 1.54) is 14.0 Å². The molecule has 0 aliphatic carbocycles. The van der Waals surface area contributed by atoms with Gasteiger partial charge in [0, 0.05) is 14.0 Å². The van der Waals surface area contributed by atoms with E-state index in [4.69, 9.17) is 23.7 Å². The van der Waals surface area contributed by atoms with Crippen molar-refractivity contribution in [2.24, 2.45) is 0 Å². The lowest BCUT2D eigenvalue weighted by Gasteiger charge is -2.47. The smallest absolute Gasteiger partial charge is 0.329 e. The Bertz CT molecular complexity index is 1190. The normalized spacial score (nSPS) is 23.3. The van der Waals surface area contributed by atoms with Crippen LogP contribution < -0.4 is 5.32 Å². The van der Waals surface area contributed by atoms with Gasteiger partial charge in [-0.15, -0.1) is 0 Å². The van der Waals surface area contributed by atoms with Crippen LogP contribution in [0.2, 0.25) is 0 Å². The van der Waals surface area contributed by atoms with Gasteiger partial charge < -0.3 is 34.1 Å². The summed E-state index contributed by atoms with van der Waals surface area (Å²) >= 11 is 0. The third-order valence-electron chi connectivity index (χ3n) is 6.57. The molecule has 6 atom stereocenters. The van der Waals surface area contributed by atoms with Crippen LogP contribution in [0.15, 0.2) is 91.0 Å². The zero-order chi connectivity index (χ0) is 28.3. The molecule has 40 heavy (non-hydrogen) atoms. The van der Waals surface area contributed by atoms with E-state index in [9.17, 15) is 14.7 Å². The summed E-state index contributed by atoms with van der Waals surface area (Å²) in [5, 5.41) is 12.6. The molecule has 0 spiro atoms. The number of amides is 1. The number of methoxy groups -OCH3 is 1. The number of carboxylic acid groups (broad SMARTS) is 1. The second-order valence-electron chi connectivity index (χ2n) is 9.50. The molecule has 0 radical (unpaired) electrons. The third kappa shape index (κ3) is 7.97. The SMILES string of the molecule is CO[C@H]1O[C@H]([C@@H](NC(C)=O)C(=O)O)[C@@H](OCc2ccccc2)[C@H](OCc2ccccc2)[C@H]1OCc1ccccc1. The summed E-state index contributed by atoms with van der Waals surface area (Å²) in [4.78, 5) is 24.4. The van der Waals surface area contributed by atoms with Crippen molar-refractivity contribution in [1.29, 1.82) is 0 Å². The summed E-state index contributed by atoms with van der Waals surface area (Å²) in [6.07, 6.45) is -4.68. The lowest BCUT2D eigenvalue weighted by atomic mass is 9.92. The predicted molar refractivity (Wildman–Crippen MR) is 146 cm³/mol. The molecule has 3 aromatic carbocycles. The highest BCUT2D eigenvalue weighted by molar-refractivity contribution is 5.82. The molecule has 0 unspecified atom stereocenters. The van der Waals surface area contributed by atoms with Crippen LogP contribution in [0.5, 0.6) is 0 Å². The van der Waals surface area contributed by atoms with Crippen LogP contribution in [-0.2, 0) is 53.1 Å². The second kappa shape index (κ2) is 14.7. The molecule has 0 saturated carbocycles. The van der Waals surface area contributed by atoms with Gasteiger partial charge >= 0.3 is 5.97 Å². The van der Waals surface area contributed by atoms with Gasteiger partial charge in [0.1, 0.15) is 24.4 Å². The molecule has 2 N–H and O–H groups in total. The average molecular weight is 550 g/mol. The van der Waals surface area contributed by atoms with E-state index in [1.54, 1.807) is 0 Å². The highest BCUT2D eigenvalue weighted by atomic mass is 16.7. The molecule has 1 heterocycles. The number of carboxylic acids is 1. The van der Waals surface area contributed by atoms with Gasteiger partial charge in [-0.25, -0.2) is 4.79 Å². The van der Waals surface area contributed by atoms with E-state index >= 15 is 0 Å². The summed E-state index contributed by atoms with van der Waals surface area (Å²) < 4.78 is 31.0. The fourth-order valence-electron chi connectivity index (χ4n) is 4.65. The van der Waals surface area contributed by atoms with Crippen molar-refractivity contribution in [1.82, 2.24) is 5.32 Å². The van der Waals surface area contributed by atoms with Crippen molar-refractivity contribution in [3.63, 3.8) is 0 Å². The Hall–Kier alpha value is -3.60. The number of ether oxygens (including phenoxy) is 5. The minimum Gasteiger partial charge on any atom is -0.480 e. The van der Waals surface area contributed by atoms with Gasteiger partial charge in [-0.1, -0.05) is 91.0 Å². The molecule has 3 aromatic rings. The Kier molecular flexibility index (Phi) is 10.8. The van der Waals surface area contributed by atoms with Crippen LogP contribution in [0.3, 0.4) is 0 Å². The summed E-state index contributed by atoms with van der Waals surface area (Å²) in [6.45, 7) is 1.86. The molecule has 4 rings (SSSR count). The molecular formula is C31H35NO8. The molecule has 9 nitrogen and oxygen atoms in total. The Morgan fingerprint density at radius 2 is 1.18 bits per heavy atom. The van der Waals surface area contributed by atoms with Crippen molar-refractivity contribution < 1.29 is 38.4 Å². The number of nitrogens with one attached hydrogen (secondary N) is 1. The fraction of sp³-hybridized carbons (Fsp3) is 0.355. The van der Waals surface area contributed by atoms with Crippen LogP contribution in [-0.4, -0.2) is 60.8 Å². The zero-order valence-electron chi connectivity index (χ0n) is 22.6. The molecule has 1 amide bonds. The average Bonchev–Trinajstić information content (AvgIpc) is 2.98.